The molecule has 0 spiro atoms. The fourth-order valence-corrected chi connectivity index (χ4v) is 5.82. The number of carboxylic acids is 1. The summed E-state index contributed by atoms with van der Waals surface area (Å²) in [5.74, 6) is -1.88. The van der Waals surface area contributed by atoms with Crippen LogP contribution in [0.4, 0.5) is 0 Å². The maximum atomic E-state index is 12.1. The van der Waals surface area contributed by atoms with E-state index in [0.717, 1.165) is 0 Å². The van der Waals surface area contributed by atoms with Crippen molar-refractivity contribution in [1.82, 2.24) is 0 Å². The molecule has 0 aromatic carbocycles. The molecule has 1 fully saturated rings. The van der Waals surface area contributed by atoms with Crippen LogP contribution >= 0.6 is 0 Å². The third kappa shape index (κ3) is 5.10. The summed E-state index contributed by atoms with van der Waals surface area (Å²) in [5.41, 5.74) is 0.198. The zero-order chi connectivity index (χ0) is 23.5. The van der Waals surface area contributed by atoms with Crippen LogP contribution in [0.1, 0.15) is 55.4 Å². The largest absolute Gasteiger partial charge is 0.478 e. The molecule has 174 valence electrons. The van der Waals surface area contributed by atoms with Crippen molar-refractivity contribution < 1.29 is 28.2 Å². The number of fused-ring (bicyclic) bond motifs is 1. The molecule has 1 heterocycles. The van der Waals surface area contributed by atoms with E-state index in [9.17, 15) is 9.90 Å². The number of ether oxygens (including phenoxy) is 2. The molecular formula is C22H42O6Si2. The molecule has 0 radical (unpaired) electrons. The number of rotatable bonds is 5. The predicted molar refractivity (Wildman–Crippen MR) is 124 cm³/mol. The van der Waals surface area contributed by atoms with Gasteiger partial charge in [0, 0.05) is 0 Å². The molecule has 2 rings (SSSR count). The quantitative estimate of drug-likeness (QED) is 0.563. The molecule has 0 bridgehead atoms. The molecule has 1 N–H and O–H groups in total. The minimum absolute atomic E-state index is 0.00418. The van der Waals surface area contributed by atoms with Crippen LogP contribution in [0.25, 0.3) is 0 Å². The number of aliphatic carboxylic acids is 1. The monoisotopic (exact) mass is 458 g/mol. The minimum Gasteiger partial charge on any atom is -0.478 e. The van der Waals surface area contributed by atoms with E-state index in [-0.39, 0.29) is 15.6 Å². The highest BCUT2D eigenvalue weighted by atomic mass is 28.4. The normalized spacial score (nSPS) is 30.1. The Morgan fingerprint density at radius 2 is 1.43 bits per heavy atom. The molecule has 1 saturated heterocycles. The number of hydrogen-bond acceptors (Lipinski definition) is 5. The highest BCUT2D eigenvalue weighted by molar-refractivity contribution is 6.74. The van der Waals surface area contributed by atoms with Crippen molar-refractivity contribution in [2.75, 3.05) is 0 Å². The summed E-state index contributed by atoms with van der Waals surface area (Å²) in [6.45, 7) is 25.5. The van der Waals surface area contributed by atoms with Gasteiger partial charge in [0.05, 0.1) is 11.7 Å². The maximum Gasteiger partial charge on any atom is 0.334 e. The number of hydrogen-bond donors (Lipinski definition) is 1. The van der Waals surface area contributed by atoms with Crippen molar-refractivity contribution in [1.29, 1.82) is 0 Å². The first-order chi connectivity index (χ1) is 13.2. The molecule has 0 amide bonds. The van der Waals surface area contributed by atoms with E-state index in [4.69, 9.17) is 18.3 Å². The molecular weight excluding hydrogens is 416 g/mol. The molecule has 0 aromatic heterocycles. The molecule has 0 saturated carbocycles. The number of carboxylic acid groups (broad SMARTS) is 1. The first kappa shape index (κ1) is 25.7. The van der Waals surface area contributed by atoms with Gasteiger partial charge in [-0.25, -0.2) is 4.79 Å². The summed E-state index contributed by atoms with van der Waals surface area (Å²) in [6.07, 6.45) is -0.404. The van der Waals surface area contributed by atoms with E-state index in [2.05, 4.69) is 67.7 Å². The molecule has 0 unspecified atom stereocenters. The SMILES string of the molecule is CC1(C)O[C@H]2[C@H](O[Si](C)(C)C(C)(C)C)[C@H](O[Si](C)(C)C(C)(C)C)C=C(C(=O)O)[C@H]2O1. The Morgan fingerprint density at radius 3 is 1.87 bits per heavy atom. The average molecular weight is 459 g/mol. The van der Waals surface area contributed by atoms with Gasteiger partial charge in [0.1, 0.15) is 18.3 Å². The molecule has 1 aliphatic heterocycles. The van der Waals surface area contributed by atoms with Crippen molar-refractivity contribution in [3.05, 3.63) is 11.6 Å². The molecule has 6 nitrogen and oxygen atoms in total. The van der Waals surface area contributed by atoms with Crippen LogP contribution in [-0.4, -0.2) is 57.9 Å². The van der Waals surface area contributed by atoms with Crippen molar-refractivity contribution in [2.24, 2.45) is 0 Å². The average Bonchev–Trinajstić information content (AvgIpc) is 2.81. The van der Waals surface area contributed by atoms with Crippen LogP contribution in [0.3, 0.4) is 0 Å². The van der Waals surface area contributed by atoms with Crippen LogP contribution in [0.2, 0.25) is 36.3 Å². The van der Waals surface area contributed by atoms with Crippen LogP contribution < -0.4 is 0 Å². The molecule has 0 aromatic rings. The molecule has 2 aliphatic rings. The molecule has 1 aliphatic carbocycles. The van der Waals surface area contributed by atoms with Gasteiger partial charge >= 0.3 is 5.97 Å². The maximum absolute atomic E-state index is 12.1. The van der Waals surface area contributed by atoms with Crippen LogP contribution in [0.15, 0.2) is 11.6 Å². The van der Waals surface area contributed by atoms with Gasteiger partial charge < -0.3 is 23.4 Å². The Kier molecular flexibility index (Phi) is 6.70. The van der Waals surface area contributed by atoms with E-state index in [1.54, 1.807) is 6.08 Å². The van der Waals surface area contributed by atoms with Crippen LogP contribution in [0.5, 0.6) is 0 Å². The van der Waals surface area contributed by atoms with Crippen LogP contribution in [-0.2, 0) is 23.1 Å². The van der Waals surface area contributed by atoms with Gasteiger partial charge in [-0.3, -0.25) is 0 Å². The van der Waals surface area contributed by atoms with Gasteiger partial charge in [0.25, 0.3) is 0 Å². The second-order valence-corrected chi connectivity index (χ2v) is 21.6. The van der Waals surface area contributed by atoms with E-state index in [1.165, 1.54) is 0 Å². The summed E-state index contributed by atoms with van der Waals surface area (Å²) < 4.78 is 25.8. The fraction of sp³-hybridized carbons (Fsp3) is 0.864. The van der Waals surface area contributed by atoms with E-state index >= 15 is 0 Å². The van der Waals surface area contributed by atoms with Gasteiger partial charge in [-0.1, -0.05) is 41.5 Å². The van der Waals surface area contributed by atoms with Crippen molar-refractivity contribution in [3.8, 4) is 0 Å². The minimum atomic E-state index is -2.20. The van der Waals surface area contributed by atoms with Crippen molar-refractivity contribution >= 4 is 22.6 Å². The van der Waals surface area contributed by atoms with Gasteiger partial charge in [-0.2, -0.15) is 0 Å². The van der Waals surface area contributed by atoms with E-state index in [1.807, 2.05) is 13.8 Å². The Bertz CT molecular complexity index is 699. The van der Waals surface area contributed by atoms with Crippen LogP contribution in [0, 0.1) is 0 Å². The lowest BCUT2D eigenvalue weighted by atomic mass is 9.89. The summed E-state index contributed by atoms with van der Waals surface area (Å²) in [6, 6.07) is 0. The third-order valence-corrected chi connectivity index (χ3v) is 16.1. The summed E-state index contributed by atoms with van der Waals surface area (Å²) >= 11 is 0. The zero-order valence-electron chi connectivity index (χ0n) is 20.9. The summed E-state index contributed by atoms with van der Waals surface area (Å²) in [4.78, 5) is 12.1. The lowest BCUT2D eigenvalue weighted by Crippen LogP contribution is -2.59. The smallest absolute Gasteiger partial charge is 0.334 e. The van der Waals surface area contributed by atoms with Gasteiger partial charge in [0.15, 0.2) is 22.4 Å². The Morgan fingerprint density at radius 1 is 0.967 bits per heavy atom. The molecule has 4 atom stereocenters. The first-order valence-electron chi connectivity index (χ1n) is 10.8. The second kappa shape index (κ2) is 7.81. The highest BCUT2D eigenvalue weighted by Gasteiger charge is 2.56. The lowest BCUT2D eigenvalue weighted by molar-refractivity contribution is -0.156. The first-order valence-corrected chi connectivity index (χ1v) is 16.7. The van der Waals surface area contributed by atoms with Gasteiger partial charge in [0.2, 0.25) is 0 Å². The van der Waals surface area contributed by atoms with E-state index in [0.29, 0.717) is 0 Å². The van der Waals surface area contributed by atoms with Gasteiger partial charge in [-0.15, -0.1) is 0 Å². The zero-order valence-corrected chi connectivity index (χ0v) is 22.9. The molecule has 8 heteroatoms. The Hall–Kier alpha value is -0.516. The highest BCUT2D eigenvalue weighted by Crippen LogP contribution is 2.46. The standard InChI is InChI=1S/C22H42O6Si2/c1-20(2,3)29(9,10)27-15-13-14(19(23)24)16-18(26-22(7,8)25-16)17(15)28-30(11,12)21(4,5)6/h13,15-18H,1-12H3,(H,23,24)/t15-,16-,17-,18-/m1/s1. The summed E-state index contributed by atoms with van der Waals surface area (Å²) in [5, 5.41) is 9.88. The lowest BCUT2D eigenvalue weighted by Gasteiger charge is -2.47. The Labute approximate surface area is 184 Å². The number of carbonyl (C=O) groups is 1. The third-order valence-electron chi connectivity index (χ3n) is 7.15. The second-order valence-electron chi connectivity index (χ2n) is 12.1. The van der Waals surface area contributed by atoms with Crippen molar-refractivity contribution in [2.45, 2.75) is 122 Å². The van der Waals surface area contributed by atoms with Crippen molar-refractivity contribution in [3.63, 3.8) is 0 Å². The van der Waals surface area contributed by atoms with Gasteiger partial charge in [-0.05, 0) is 56.2 Å². The topological polar surface area (TPSA) is 74.2 Å². The van der Waals surface area contributed by atoms with E-state index < -0.39 is 52.8 Å². The summed E-state index contributed by atoms with van der Waals surface area (Å²) in [7, 11) is -4.39. The molecule has 30 heavy (non-hydrogen) atoms. The predicted octanol–water partition coefficient (Wildman–Crippen LogP) is 5.31. The Balaban J connectivity index is 2.55. The fourth-order valence-electron chi connectivity index (χ4n) is 3.29.